The van der Waals surface area contributed by atoms with Crippen molar-refractivity contribution in [1.82, 2.24) is 4.90 Å². The maximum absolute atomic E-state index is 12.7. The van der Waals surface area contributed by atoms with Crippen LogP contribution < -0.4 is 0 Å². The first-order chi connectivity index (χ1) is 9.91. The van der Waals surface area contributed by atoms with Gasteiger partial charge in [0.2, 0.25) is 5.91 Å². The highest BCUT2D eigenvalue weighted by Crippen LogP contribution is 2.33. The van der Waals surface area contributed by atoms with Gasteiger partial charge in [0.05, 0.1) is 18.6 Å². The van der Waals surface area contributed by atoms with Gasteiger partial charge in [0, 0.05) is 26.1 Å². The summed E-state index contributed by atoms with van der Waals surface area (Å²) in [4.78, 5) is 13.6. The number of hydrogen-bond acceptors (Lipinski definition) is 2. The fourth-order valence-corrected chi connectivity index (χ4v) is 2.58. The Hall–Kier alpha value is -1.56. The van der Waals surface area contributed by atoms with E-state index in [1.54, 1.807) is 11.0 Å². The van der Waals surface area contributed by atoms with Gasteiger partial charge in [-0.15, -0.1) is 0 Å². The van der Waals surface area contributed by atoms with Gasteiger partial charge in [-0.05, 0) is 18.1 Å². The molecule has 0 saturated carbocycles. The zero-order chi connectivity index (χ0) is 15.5. The normalized spacial score (nSPS) is 19.0. The molecule has 3 nitrogen and oxygen atoms in total. The molecule has 0 N–H and O–H groups in total. The first kappa shape index (κ1) is 15.8. The molecular formula is C15H18F3NO2. The Kier molecular flexibility index (Phi) is 4.88. The predicted molar refractivity (Wildman–Crippen MR) is 71.9 cm³/mol. The average Bonchev–Trinajstić information content (AvgIpc) is 2.94. The van der Waals surface area contributed by atoms with Crippen LogP contribution in [0.4, 0.5) is 13.2 Å². The number of alkyl halides is 3. The summed E-state index contributed by atoms with van der Waals surface area (Å²) in [6.45, 7) is 1.43. The van der Waals surface area contributed by atoms with Crippen LogP contribution in [0, 0.1) is 0 Å². The minimum absolute atomic E-state index is 0.00803. The number of nitrogens with zero attached hydrogens (tertiary/aromatic N) is 1. The minimum atomic E-state index is -4.33. The number of amides is 1. The monoisotopic (exact) mass is 301 g/mol. The van der Waals surface area contributed by atoms with Crippen LogP contribution in [0.3, 0.4) is 0 Å². The third kappa shape index (κ3) is 3.97. The SMILES string of the molecule is COCCC(=O)N1CC[C@H](c2cccc(C(F)(F)F)c2)C1. The molecule has 1 aromatic rings. The van der Waals surface area contributed by atoms with E-state index in [1.165, 1.54) is 19.2 Å². The molecule has 1 aliphatic heterocycles. The summed E-state index contributed by atoms with van der Waals surface area (Å²) >= 11 is 0. The Bertz CT molecular complexity index is 502. The van der Waals surface area contributed by atoms with E-state index in [4.69, 9.17) is 4.74 Å². The highest BCUT2D eigenvalue weighted by Gasteiger charge is 2.32. The molecule has 0 aromatic heterocycles. The van der Waals surface area contributed by atoms with Crippen molar-refractivity contribution in [3.8, 4) is 0 Å². The molecule has 1 amide bonds. The predicted octanol–water partition coefficient (Wildman–Crippen LogP) is 3.06. The number of ether oxygens (including phenoxy) is 1. The molecule has 21 heavy (non-hydrogen) atoms. The molecule has 1 aliphatic rings. The van der Waals surface area contributed by atoms with Gasteiger partial charge in [-0.25, -0.2) is 0 Å². The van der Waals surface area contributed by atoms with Crippen molar-refractivity contribution in [3.63, 3.8) is 0 Å². The molecule has 116 valence electrons. The van der Waals surface area contributed by atoms with E-state index in [0.717, 1.165) is 6.07 Å². The van der Waals surface area contributed by atoms with Gasteiger partial charge in [0.15, 0.2) is 0 Å². The lowest BCUT2D eigenvalue weighted by Gasteiger charge is -2.17. The maximum atomic E-state index is 12.7. The largest absolute Gasteiger partial charge is 0.416 e. The molecule has 0 bridgehead atoms. The molecule has 2 rings (SSSR count). The molecule has 1 heterocycles. The number of hydrogen-bond donors (Lipinski definition) is 0. The highest BCUT2D eigenvalue weighted by atomic mass is 19.4. The highest BCUT2D eigenvalue weighted by molar-refractivity contribution is 5.76. The summed E-state index contributed by atoms with van der Waals surface area (Å²) in [6.07, 6.45) is -3.32. The third-order valence-corrected chi connectivity index (χ3v) is 3.75. The average molecular weight is 301 g/mol. The number of halogens is 3. The summed E-state index contributed by atoms with van der Waals surface area (Å²) in [6, 6.07) is 5.38. The number of carbonyl (C=O) groups is 1. The van der Waals surface area contributed by atoms with E-state index in [9.17, 15) is 18.0 Å². The minimum Gasteiger partial charge on any atom is -0.384 e. The van der Waals surface area contributed by atoms with Crippen molar-refractivity contribution in [2.24, 2.45) is 0 Å². The second-order valence-corrected chi connectivity index (χ2v) is 5.19. The fourth-order valence-electron chi connectivity index (χ4n) is 2.58. The standard InChI is InChI=1S/C15H18F3NO2/c1-21-8-6-14(20)19-7-5-12(10-19)11-3-2-4-13(9-11)15(16,17)18/h2-4,9,12H,5-8,10H2,1H3/t12-/m0/s1. The van der Waals surface area contributed by atoms with Gasteiger partial charge in [0.25, 0.3) is 0 Å². The number of carbonyl (C=O) groups excluding carboxylic acids is 1. The number of methoxy groups -OCH3 is 1. The van der Waals surface area contributed by atoms with Crippen molar-refractivity contribution in [2.75, 3.05) is 26.8 Å². The van der Waals surface area contributed by atoms with Crippen molar-refractivity contribution >= 4 is 5.91 Å². The number of rotatable bonds is 4. The van der Waals surface area contributed by atoms with E-state index < -0.39 is 11.7 Å². The van der Waals surface area contributed by atoms with Gasteiger partial charge in [-0.2, -0.15) is 13.2 Å². The zero-order valence-corrected chi connectivity index (χ0v) is 11.8. The summed E-state index contributed by atoms with van der Waals surface area (Å²) in [5.41, 5.74) is 0.0102. The summed E-state index contributed by atoms with van der Waals surface area (Å²) < 4.78 is 43.0. The van der Waals surface area contributed by atoms with Crippen LogP contribution in [-0.2, 0) is 15.7 Å². The second kappa shape index (κ2) is 6.47. The number of benzene rings is 1. The Morgan fingerprint density at radius 2 is 2.19 bits per heavy atom. The van der Waals surface area contributed by atoms with Gasteiger partial charge in [-0.3, -0.25) is 4.79 Å². The van der Waals surface area contributed by atoms with Crippen molar-refractivity contribution in [2.45, 2.75) is 24.9 Å². The van der Waals surface area contributed by atoms with Gasteiger partial charge < -0.3 is 9.64 Å². The van der Waals surface area contributed by atoms with Crippen LogP contribution in [0.2, 0.25) is 0 Å². The van der Waals surface area contributed by atoms with Gasteiger partial charge in [0.1, 0.15) is 0 Å². The third-order valence-electron chi connectivity index (χ3n) is 3.75. The molecule has 1 aromatic carbocycles. The van der Waals surface area contributed by atoms with Gasteiger partial charge >= 0.3 is 6.18 Å². The molecule has 0 aliphatic carbocycles. The van der Waals surface area contributed by atoms with Crippen LogP contribution in [0.15, 0.2) is 24.3 Å². The lowest BCUT2D eigenvalue weighted by Crippen LogP contribution is -2.29. The zero-order valence-electron chi connectivity index (χ0n) is 11.8. The first-order valence-corrected chi connectivity index (χ1v) is 6.85. The van der Waals surface area contributed by atoms with Crippen molar-refractivity contribution in [3.05, 3.63) is 35.4 Å². The Labute approximate surface area is 121 Å². The van der Waals surface area contributed by atoms with E-state index in [-0.39, 0.29) is 11.8 Å². The van der Waals surface area contributed by atoms with Crippen LogP contribution in [0.5, 0.6) is 0 Å². The smallest absolute Gasteiger partial charge is 0.384 e. The van der Waals surface area contributed by atoms with Crippen LogP contribution in [-0.4, -0.2) is 37.6 Å². The Balaban J connectivity index is 2.03. The van der Waals surface area contributed by atoms with Crippen LogP contribution in [0.25, 0.3) is 0 Å². The lowest BCUT2D eigenvalue weighted by atomic mass is 9.96. The lowest BCUT2D eigenvalue weighted by molar-refractivity contribution is -0.137. The number of likely N-dealkylation sites (tertiary alicyclic amines) is 1. The van der Waals surface area contributed by atoms with E-state index >= 15 is 0 Å². The Morgan fingerprint density at radius 3 is 2.86 bits per heavy atom. The van der Waals surface area contributed by atoms with Crippen LogP contribution in [0.1, 0.15) is 29.9 Å². The summed E-state index contributed by atoms with van der Waals surface area (Å²) in [7, 11) is 1.53. The van der Waals surface area contributed by atoms with E-state index in [1.807, 2.05) is 0 Å². The molecule has 0 spiro atoms. The molecule has 1 saturated heterocycles. The Morgan fingerprint density at radius 1 is 1.43 bits per heavy atom. The van der Waals surface area contributed by atoms with E-state index in [2.05, 4.69) is 0 Å². The van der Waals surface area contributed by atoms with Crippen molar-refractivity contribution in [1.29, 1.82) is 0 Å². The molecule has 0 unspecified atom stereocenters. The summed E-state index contributed by atoms with van der Waals surface area (Å²) in [5.74, 6) is -0.0369. The summed E-state index contributed by atoms with van der Waals surface area (Å²) in [5, 5.41) is 0. The molecule has 6 heteroatoms. The molecular weight excluding hydrogens is 283 g/mol. The maximum Gasteiger partial charge on any atom is 0.416 e. The molecule has 0 radical (unpaired) electrons. The molecule has 1 fully saturated rings. The topological polar surface area (TPSA) is 29.5 Å². The van der Waals surface area contributed by atoms with E-state index in [0.29, 0.717) is 38.1 Å². The first-order valence-electron chi connectivity index (χ1n) is 6.85. The second-order valence-electron chi connectivity index (χ2n) is 5.19. The van der Waals surface area contributed by atoms with Gasteiger partial charge in [-0.1, -0.05) is 18.2 Å². The van der Waals surface area contributed by atoms with Crippen molar-refractivity contribution < 1.29 is 22.7 Å². The molecule has 1 atom stereocenters. The fraction of sp³-hybridized carbons (Fsp3) is 0.533. The van der Waals surface area contributed by atoms with Crippen LogP contribution >= 0.6 is 0 Å². The quantitative estimate of drug-likeness (QED) is 0.855.